The molecule has 0 unspecified atom stereocenters. The van der Waals surface area contributed by atoms with Gasteiger partial charge in [-0.05, 0) is 29.8 Å². The van der Waals surface area contributed by atoms with Crippen LogP contribution in [-0.4, -0.2) is 15.0 Å². The Morgan fingerprint density at radius 1 is 1.14 bits per heavy atom. The standard InChI is InChI=1S/C9H6ClN3.N/c10-9-12-5-3-8(13-9)7-2-1-4-11-6-7;/h1-6H;. The van der Waals surface area contributed by atoms with Crippen LogP contribution in [-0.2, 0) is 0 Å². The first-order chi connectivity index (χ1) is 6.36. The Morgan fingerprint density at radius 2 is 2.00 bits per heavy atom. The van der Waals surface area contributed by atoms with E-state index >= 15 is 0 Å². The van der Waals surface area contributed by atoms with E-state index in [1.807, 2.05) is 12.1 Å². The first-order valence-electron chi connectivity index (χ1n) is 3.75. The van der Waals surface area contributed by atoms with Crippen LogP contribution in [0.2, 0.25) is 5.28 Å². The molecule has 0 N–H and O–H groups in total. The van der Waals surface area contributed by atoms with E-state index in [0.717, 1.165) is 11.3 Å². The molecule has 0 aliphatic carbocycles. The number of pyridine rings is 1. The van der Waals surface area contributed by atoms with Crippen LogP contribution in [0.25, 0.3) is 11.3 Å². The molecule has 0 amide bonds. The summed E-state index contributed by atoms with van der Waals surface area (Å²) in [5, 5.41) is 0.251. The molecule has 0 bridgehead atoms. The fourth-order valence-electron chi connectivity index (χ4n) is 1.01. The van der Waals surface area contributed by atoms with Gasteiger partial charge in [-0.2, -0.15) is 0 Å². The lowest BCUT2D eigenvalue weighted by molar-refractivity contribution is 1.17. The van der Waals surface area contributed by atoms with Gasteiger partial charge in [-0.1, -0.05) is 0 Å². The van der Waals surface area contributed by atoms with Crippen molar-refractivity contribution in [1.29, 1.82) is 0 Å². The van der Waals surface area contributed by atoms with Gasteiger partial charge < -0.3 is 0 Å². The summed E-state index contributed by atoms with van der Waals surface area (Å²) < 4.78 is 0. The molecule has 0 aromatic carbocycles. The summed E-state index contributed by atoms with van der Waals surface area (Å²) in [6, 6.07) is 5.57. The molecule has 4 nitrogen and oxygen atoms in total. The molecule has 0 aliphatic rings. The molecule has 2 aromatic rings. The van der Waals surface area contributed by atoms with Crippen LogP contribution < -0.4 is 6.15 Å². The van der Waals surface area contributed by atoms with Gasteiger partial charge in [0, 0.05) is 30.3 Å². The molecule has 0 spiro atoms. The van der Waals surface area contributed by atoms with Crippen LogP contribution in [0.4, 0.5) is 0 Å². The van der Waals surface area contributed by atoms with Gasteiger partial charge in [0.1, 0.15) is 0 Å². The average molecular weight is 206 g/mol. The summed E-state index contributed by atoms with van der Waals surface area (Å²) in [6.07, 6.45) is 5.07. The Hall–Kier alpha value is -1.52. The fourth-order valence-corrected chi connectivity index (χ4v) is 1.16. The Bertz CT molecular complexity index is 405. The number of nitrogens with zero attached hydrogens (tertiary/aromatic N) is 4. The largest absolute Gasteiger partial charge is 0.264 e. The Kier molecular flexibility index (Phi) is 3.50. The first kappa shape index (κ1) is 10.6. The number of aromatic nitrogens is 3. The van der Waals surface area contributed by atoms with Crippen molar-refractivity contribution in [2.45, 2.75) is 0 Å². The highest BCUT2D eigenvalue weighted by Crippen LogP contribution is 2.15. The number of halogens is 1. The molecule has 2 heterocycles. The topological polar surface area (TPSA) is 69.2 Å². The highest BCUT2D eigenvalue weighted by Gasteiger charge is 1.98. The van der Waals surface area contributed by atoms with Crippen molar-refractivity contribution < 1.29 is 0 Å². The van der Waals surface area contributed by atoms with E-state index in [4.69, 9.17) is 11.6 Å². The molecule has 3 radical (unpaired) electrons. The zero-order valence-electron chi connectivity index (χ0n) is 7.13. The lowest BCUT2D eigenvalue weighted by Crippen LogP contribution is -1.86. The fraction of sp³-hybridized carbons (Fsp3) is 0. The number of rotatable bonds is 1. The summed E-state index contributed by atoms with van der Waals surface area (Å²) in [7, 11) is 0. The monoisotopic (exact) mass is 205 g/mol. The van der Waals surface area contributed by atoms with Crippen molar-refractivity contribution >= 4 is 11.6 Å². The second-order valence-corrected chi connectivity index (χ2v) is 2.79. The molecule has 14 heavy (non-hydrogen) atoms. The lowest BCUT2D eigenvalue weighted by atomic mass is 10.2. The molecule has 0 fully saturated rings. The summed E-state index contributed by atoms with van der Waals surface area (Å²) in [5.74, 6) is 0. The molecule has 2 aromatic heterocycles. The Labute approximate surface area is 86.6 Å². The van der Waals surface area contributed by atoms with Gasteiger partial charge in [0.05, 0.1) is 5.69 Å². The number of hydrogen-bond acceptors (Lipinski definition) is 3. The minimum absolute atomic E-state index is 0. The van der Waals surface area contributed by atoms with Crippen molar-refractivity contribution in [3.63, 3.8) is 0 Å². The second kappa shape index (κ2) is 4.64. The first-order valence-corrected chi connectivity index (χ1v) is 4.13. The van der Waals surface area contributed by atoms with E-state index in [0.29, 0.717) is 0 Å². The van der Waals surface area contributed by atoms with Gasteiger partial charge >= 0.3 is 0 Å². The minimum Gasteiger partial charge on any atom is -0.264 e. The van der Waals surface area contributed by atoms with Crippen molar-refractivity contribution in [2.24, 2.45) is 0 Å². The van der Waals surface area contributed by atoms with Gasteiger partial charge in [0.15, 0.2) is 0 Å². The molecular weight excluding hydrogens is 200 g/mol. The van der Waals surface area contributed by atoms with E-state index in [-0.39, 0.29) is 11.4 Å². The van der Waals surface area contributed by atoms with E-state index < -0.39 is 0 Å². The van der Waals surface area contributed by atoms with Crippen molar-refractivity contribution in [3.8, 4) is 11.3 Å². The van der Waals surface area contributed by atoms with Gasteiger partial charge in [0.25, 0.3) is 0 Å². The molecule has 69 valence electrons. The minimum atomic E-state index is 0. The van der Waals surface area contributed by atoms with Crippen LogP contribution in [0.5, 0.6) is 0 Å². The van der Waals surface area contributed by atoms with Crippen LogP contribution in [0.1, 0.15) is 0 Å². The summed E-state index contributed by atoms with van der Waals surface area (Å²) >= 11 is 5.65. The van der Waals surface area contributed by atoms with Crippen LogP contribution in [0, 0.1) is 0 Å². The quantitative estimate of drug-likeness (QED) is 0.666. The summed E-state index contributed by atoms with van der Waals surface area (Å²) in [4.78, 5) is 11.8. The smallest absolute Gasteiger partial charge is 0.222 e. The predicted octanol–water partition coefficient (Wildman–Crippen LogP) is 1.71. The van der Waals surface area contributed by atoms with Gasteiger partial charge in [-0.25, -0.2) is 9.97 Å². The van der Waals surface area contributed by atoms with Crippen LogP contribution >= 0.6 is 11.6 Å². The van der Waals surface area contributed by atoms with Crippen molar-refractivity contribution in [1.82, 2.24) is 21.1 Å². The maximum absolute atomic E-state index is 5.65. The highest BCUT2D eigenvalue weighted by atomic mass is 35.5. The van der Waals surface area contributed by atoms with Crippen LogP contribution in [0.15, 0.2) is 36.8 Å². The van der Waals surface area contributed by atoms with E-state index in [9.17, 15) is 0 Å². The van der Waals surface area contributed by atoms with Crippen LogP contribution in [0.3, 0.4) is 0 Å². The molecule has 0 saturated carbocycles. The lowest BCUT2D eigenvalue weighted by Gasteiger charge is -1.98. The SMILES string of the molecule is Clc1nccc(-c2cccnc2)n1.[N]. The maximum atomic E-state index is 5.65. The van der Waals surface area contributed by atoms with E-state index in [1.165, 1.54) is 0 Å². The normalized spacial score (nSPS) is 9.21. The summed E-state index contributed by atoms with van der Waals surface area (Å²) in [6.45, 7) is 0. The highest BCUT2D eigenvalue weighted by molar-refractivity contribution is 6.28. The summed E-state index contributed by atoms with van der Waals surface area (Å²) in [5.41, 5.74) is 1.72. The molecule has 2 rings (SSSR count). The molecule has 0 aliphatic heterocycles. The van der Waals surface area contributed by atoms with Gasteiger partial charge in [-0.15, -0.1) is 0 Å². The molecule has 0 saturated heterocycles. The predicted molar refractivity (Wildman–Crippen MR) is 52.4 cm³/mol. The second-order valence-electron chi connectivity index (χ2n) is 2.45. The molecule has 0 atom stereocenters. The zero-order chi connectivity index (χ0) is 9.10. The average Bonchev–Trinajstić information content (AvgIpc) is 2.19. The van der Waals surface area contributed by atoms with E-state index in [2.05, 4.69) is 15.0 Å². The number of hydrogen-bond donors (Lipinski definition) is 0. The molecular formula is C9H6ClN4. The van der Waals surface area contributed by atoms with E-state index in [1.54, 1.807) is 24.7 Å². The third-order valence-electron chi connectivity index (χ3n) is 1.58. The van der Waals surface area contributed by atoms with Crippen molar-refractivity contribution in [3.05, 3.63) is 42.1 Å². The zero-order valence-corrected chi connectivity index (χ0v) is 7.89. The third kappa shape index (κ3) is 2.25. The Morgan fingerprint density at radius 3 is 2.64 bits per heavy atom. The van der Waals surface area contributed by atoms with Crippen molar-refractivity contribution in [2.75, 3.05) is 0 Å². The maximum Gasteiger partial charge on any atom is 0.222 e. The van der Waals surface area contributed by atoms with Gasteiger partial charge in [0.2, 0.25) is 5.28 Å². The Balaban J connectivity index is 0.000000980. The third-order valence-corrected chi connectivity index (χ3v) is 1.77. The van der Waals surface area contributed by atoms with Gasteiger partial charge in [-0.3, -0.25) is 4.98 Å². The molecule has 5 heteroatoms.